The standard InChI is InChI=1S/C19H38/c1-9-16(5)18(7)13-19(8)17(6)11-10-15(4)12-14(2)3/h14-15,17,19H,9-13H2,1-8H3. The van der Waals surface area contributed by atoms with Crippen LogP contribution in [0.5, 0.6) is 0 Å². The zero-order chi connectivity index (χ0) is 15.0. The van der Waals surface area contributed by atoms with Crippen LogP contribution in [0.4, 0.5) is 0 Å². The summed E-state index contributed by atoms with van der Waals surface area (Å²) in [5.41, 5.74) is 3.21. The second kappa shape index (κ2) is 9.61. The molecular formula is C19H38. The summed E-state index contributed by atoms with van der Waals surface area (Å²) in [6, 6.07) is 0. The summed E-state index contributed by atoms with van der Waals surface area (Å²) in [5, 5.41) is 0. The van der Waals surface area contributed by atoms with Crippen LogP contribution in [0, 0.1) is 23.7 Å². The van der Waals surface area contributed by atoms with Crippen molar-refractivity contribution in [2.24, 2.45) is 23.7 Å². The van der Waals surface area contributed by atoms with Crippen molar-refractivity contribution in [1.29, 1.82) is 0 Å². The van der Waals surface area contributed by atoms with Gasteiger partial charge in [-0.25, -0.2) is 0 Å². The van der Waals surface area contributed by atoms with Gasteiger partial charge in [0.05, 0.1) is 0 Å². The van der Waals surface area contributed by atoms with Gasteiger partial charge in [0.25, 0.3) is 0 Å². The summed E-state index contributed by atoms with van der Waals surface area (Å²) in [7, 11) is 0. The molecule has 0 nitrogen and oxygen atoms in total. The van der Waals surface area contributed by atoms with Gasteiger partial charge < -0.3 is 0 Å². The van der Waals surface area contributed by atoms with Crippen molar-refractivity contribution in [2.75, 3.05) is 0 Å². The fourth-order valence-electron chi connectivity index (χ4n) is 2.91. The Morgan fingerprint density at radius 2 is 1.37 bits per heavy atom. The molecule has 0 aliphatic heterocycles. The van der Waals surface area contributed by atoms with Crippen molar-refractivity contribution in [2.45, 2.75) is 87.5 Å². The van der Waals surface area contributed by atoms with Crippen molar-refractivity contribution < 1.29 is 0 Å². The Hall–Kier alpha value is -0.260. The second-order valence-electron chi connectivity index (χ2n) is 7.38. The highest BCUT2D eigenvalue weighted by Gasteiger charge is 2.15. The van der Waals surface area contributed by atoms with E-state index >= 15 is 0 Å². The van der Waals surface area contributed by atoms with Crippen molar-refractivity contribution in [3.63, 3.8) is 0 Å². The molecule has 3 atom stereocenters. The molecule has 0 radical (unpaired) electrons. The maximum atomic E-state index is 2.45. The fourth-order valence-corrected chi connectivity index (χ4v) is 2.91. The number of rotatable bonds is 9. The van der Waals surface area contributed by atoms with Gasteiger partial charge >= 0.3 is 0 Å². The number of hydrogen-bond donors (Lipinski definition) is 0. The molecule has 114 valence electrons. The molecule has 0 heteroatoms. The van der Waals surface area contributed by atoms with Gasteiger partial charge in [0.15, 0.2) is 0 Å². The molecule has 0 aliphatic rings. The van der Waals surface area contributed by atoms with Crippen molar-refractivity contribution >= 4 is 0 Å². The van der Waals surface area contributed by atoms with Gasteiger partial charge in [0.2, 0.25) is 0 Å². The van der Waals surface area contributed by atoms with Crippen molar-refractivity contribution in [1.82, 2.24) is 0 Å². The first-order valence-corrected chi connectivity index (χ1v) is 8.43. The highest BCUT2D eigenvalue weighted by molar-refractivity contribution is 5.09. The van der Waals surface area contributed by atoms with Crippen molar-refractivity contribution in [3.8, 4) is 0 Å². The Labute approximate surface area is 123 Å². The summed E-state index contributed by atoms with van der Waals surface area (Å²) in [6.45, 7) is 18.9. The maximum absolute atomic E-state index is 2.45. The third kappa shape index (κ3) is 8.50. The summed E-state index contributed by atoms with van der Waals surface area (Å²) in [4.78, 5) is 0. The molecule has 0 fully saturated rings. The topological polar surface area (TPSA) is 0 Å². The number of hydrogen-bond acceptors (Lipinski definition) is 0. The largest absolute Gasteiger partial charge is 0.0747 e. The molecule has 0 aliphatic carbocycles. The van der Waals surface area contributed by atoms with E-state index in [2.05, 4.69) is 55.4 Å². The summed E-state index contributed by atoms with van der Waals surface area (Å²) in [6.07, 6.45) is 6.68. The minimum absolute atomic E-state index is 0.827. The lowest BCUT2D eigenvalue weighted by Crippen LogP contribution is -2.11. The van der Waals surface area contributed by atoms with E-state index in [1.54, 1.807) is 11.1 Å². The molecule has 3 unspecified atom stereocenters. The van der Waals surface area contributed by atoms with Crippen LogP contribution in [0.1, 0.15) is 87.5 Å². The van der Waals surface area contributed by atoms with Crippen LogP contribution in [0.3, 0.4) is 0 Å². The quantitative estimate of drug-likeness (QED) is 0.400. The molecule has 0 N–H and O–H groups in total. The molecule has 0 spiro atoms. The molecule has 0 saturated heterocycles. The van der Waals surface area contributed by atoms with Crippen LogP contribution in [0.25, 0.3) is 0 Å². The zero-order valence-electron chi connectivity index (χ0n) is 14.8. The van der Waals surface area contributed by atoms with Crippen LogP contribution >= 0.6 is 0 Å². The SMILES string of the molecule is CCC(C)=C(C)CC(C)C(C)CCC(C)CC(C)C. The van der Waals surface area contributed by atoms with E-state index in [4.69, 9.17) is 0 Å². The minimum atomic E-state index is 0.827. The Balaban J connectivity index is 4.10. The van der Waals surface area contributed by atoms with Crippen LogP contribution in [-0.2, 0) is 0 Å². The first-order valence-electron chi connectivity index (χ1n) is 8.43. The number of allylic oxidation sites excluding steroid dienone is 2. The lowest BCUT2D eigenvalue weighted by Gasteiger charge is -2.23. The normalized spacial score (nSPS) is 18.2. The monoisotopic (exact) mass is 266 g/mol. The summed E-state index contributed by atoms with van der Waals surface area (Å²) in [5.74, 6) is 3.42. The molecule has 0 bridgehead atoms. The smallest absolute Gasteiger partial charge is 0.0292 e. The summed E-state index contributed by atoms with van der Waals surface area (Å²) >= 11 is 0. The van der Waals surface area contributed by atoms with Gasteiger partial charge in [-0.2, -0.15) is 0 Å². The van der Waals surface area contributed by atoms with Gasteiger partial charge in [-0.3, -0.25) is 0 Å². The second-order valence-corrected chi connectivity index (χ2v) is 7.38. The van der Waals surface area contributed by atoms with Crippen LogP contribution < -0.4 is 0 Å². The predicted molar refractivity (Wildman–Crippen MR) is 89.5 cm³/mol. The van der Waals surface area contributed by atoms with E-state index in [0.717, 1.165) is 23.7 Å². The lowest BCUT2D eigenvalue weighted by atomic mass is 9.83. The molecule has 0 saturated carbocycles. The molecule has 0 aromatic carbocycles. The highest BCUT2D eigenvalue weighted by Crippen LogP contribution is 2.28. The lowest BCUT2D eigenvalue weighted by molar-refractivity contribution is 0.311. The van der Waals surface area contributed by atoms with Crippen LogP contribution in [-0.4, -0.2) is 0 Å². The van der Waals surface area contributed by atoms with Gasteiger partial charge in [-0.1, -0.05) is 65.5 Å². The van der Waals surface area contributed by atoms with E-state index in [1.165, 1.54) is 32.1 Å². The molecule has 0 aromatic rings. The van der Waals surface area contributed by atoms with Gasteiger partial charge in [0, 0.05) is 0 Å². The van der Waals surface area contributed by atoms with Gasteiger partial charge in [-0.05, 0) is 56.8 Å². The van der Waals surface area contributed by atoms with Crippen LogP contribution in [0.2, 0.25) is 0 Å². The fraction of sp³-hybridized carbons (Fsp3) is 0.895. The first kappa shape index (κ1) is 18.7. The average Bonchev–Trinajstić information content (AvgIpc) is 2.33. The molecule has 0 amide bonds. The summed E-state index contributed by atoms with van der Waals surface area (Å²) < 4.78 is 0. The van der Waals surface area contributed by atoms with E-state index in [-0.39, 0.29) is 0 Å². The molecule has 0 aromatic heterocycles. The highest BCUT2D eigenvalue weighted by atomic mass is 14.2. The maximum Gasteiger partial charge on any atom is -0.0292 e. The predicted octanol–water partition coefficient (Wildman–Crippen LogP) is 6.86. The molecular weight excluding hydrogens is 228 g/mol. The molecule has 0 rings (SSSR count). The van der Waals surface area contributed by atoms with E-state index in [0.29, 0.717) is 0 Å². The minimum Gasteiger partial charge on any atom is -0.0747 e. The van der Waals surface area contributed by atoms with E-state index in [1.807, 2.05) is 0 Å². The Kier molecular flexibility index (Phi) is 9.48. The van der Waals surface area contributed by atoms with Crippen LogP contribution in [0.15, 0.2) is 11.1 Å². The van der Waals surface area contributed by atoms with Crippen molar-refractivity contribution in [3.05, 3.63) is 11.1 Å². The molecule has 0 heterocycles. The third-order valence-corrected chi connectivity index (χ3v) is 4.85. The average molecular weight is 267 g/mol. The Bertz CT molecular complexity index is 259. The van der Waals surface area contributed by atoms with Gasteiger partial charge in [0.1, 0.15) is 0 Å². The van der Waals surface area contributed by atoms with E-state index in [9.17, 15) is 0 Å². The third-order valence-electron chi connectivity index (χ3n) is 4.85. The first-order chi connectivity index (χ1) is 8.77. The van der Waals surface area contributed by atoms with E-state index < -0.39 is 0 Å². The molecule has 19 heavy (non-hydrogen) atoms. The van der Waals surface area contributed by atoms with Gasteiger partial charge in [-0.15, -0.1) is 0 Å². The Morgan fingerprint density at radius 3 is 1.84 bits per heavy atom. The zero-order valence-corrected chi connectivity index (χ0v) is 14.8. The Morgan fingerprint density at radius 1 is 0.789 bits per heavy atom.